The number of esters is 1. The molecule has 8 nitrogen and oxygen atoms in total. The molecular formula is C17H18N2O6. The maximum absolute atomic E-state index is 12.5. The van der Waals surface area contributed by atoms with Crippen molar-refractivity contribution < 1.29 is 19.4 Å². The summed E-state index contributed by atoms with van der Waals surface area (Å²) in [6, 6.07) is 1.85. The quantitative estimate of drug-likeness (QED) is 0.444. The number of nitro groups is 2. The number of rotatable bonds is 5. The van der Waals surface area contributed by atoms with E-state index in [9.17, 15) is 25.0 Å². The van der Waals surface area contributed by atoms with Gasteiger partial charge in [-0.05, 0) is 38.7 Å². The lowest BCUT2D eigenvalue weighted by molar-refractivity contribution is -0.394. The minimum Gasteiger partial charge on any atom is -0.427 e. The monoisotopic (exact) mass is 346 g/mol. The molecule has 25 heavy (non-hydrogen) atoms. The van der Waals surface area contributed by atoms with Crippen LogP contribution < -0.4 is 0 Å². The second-order valence-corrected chi connectivity index (χ2v) is 5.93. The Bertz CT molecular complexity index is 810. The van der Waals surface area contributed by atoms with Crippen molar-refractivity contribution in [1.29, 1.82) is 0 Å². The van der Waals surface area contributed by atoms with Crippen LogP contribution in [0.1, 0.15) is 48.5 Å². The summed E-state index contributed by atoms with van der Waals surface area (Å²) in [6.45, 7) is 7.06. The lowest BCUT2D eigenvalue weighted by Gasteiger charge is -2.20. The molecule has 0 atom stereocenters. The van der Waals surface area contributed by atoms with Crippen molar-refractivity contribution in [3.05, 3.63) is 67.0 Å². The van der Waals surface area contributed by atoms with Crippen molar-refractivity contribution >= 4 is 17.3 Å². The fourth-order valence-electron chi connectivity index (χ4n) is 2.80. The molecule has 1 aliphatic carbocycles. The van der Waals surface area contributed by atoms with Gasteiger partial charge in [-0.2, -0.15) is 0 Å². The lowest BCUT2D eigenvalue weighted by Crippen LogP contribution is -2.13. The van der Waals surface area contributed by atoms with Crippen LogP contribution in [-0.2, 0) is 4.74 Å². The van der Waals surface area contributed by atoms with E-state index in [2.05, 4.69) is 6.58 Å². The molecule has 0 amide bonds. The highest BCUT2D eigenvalue weighted by molar-refractivity contribution is 5.94. The number of hydrogen-bond acceptors (Lipinski definition) is 6. The lowest BCUT2D eigenvalue weighted by atomic mass is 9.93. The number of nitrogens with zero attached hydrogens (tertiary/aromatic N) is 2. The molecule has 0 fully saturated rings. The zero-order chi connectivity index (χ0) is 18.7. The molecule has 0 bridgehead atoms. The number of carbonyl (C=O) groups excluding carboxylic acids is 1. The van der Waals surface area contributed by atoms with E-state index < -0.39 is 27.2 Å². The van der Waals surface area contributed by atoms with Crippen molar-refractivity contribution in [2.24, 2.45) is 0 Å². The second-order valence-electron chi connectivity index (χ2n) is 5.93. The summed E-state index contributed by atoms with van der Waals surface area (Å²) >= 11 is 0. The van der Waals surface area contributed by atoms with E-state index in [0.29, 0.717) is 12.2 Å². The molecule has 132 valence electrons. The maximum atomic E-state index is 12.5. The highest BCUT2D eigenvalue weighted by atomic mass is 16.6. The third-order valence-corrected chi connectivity index (χ3v) is 4.14. The Morgan fingerprint density at radius 3 is 2.36 bits per heavy atom. The number of ether oxygens (including phenoxy) is 1. The highest BCUT2D eigenvalue weighted by Gasteiger charge is 2.27. The van der Waals surface area contributed by atoms with Gasteiger partial charge in [0.25, 0.3) is 11.4 Å². The topological polar surface area (TPSA) is 113 Å². The Balaban J connectivity index is 2.46. The molecule has 0 N–H and O–H groups in total. The van der Waals surface area contributed by atoms with E-state index >= 15 is 0 Å². The molecule has 0 aromatic heterocycles. The van der Waals surface area contributed by atoms with Crippen molar-refractivity contribution in [3.8, 4) is 0 Å². The van der Waals surface area contributed by atoms with Gasteiger partial charge in [-0.3, -0.25) is 20.2 Å². The van der Waals surface area contributed by atoms with Crippen LogP contribution in [0.15, 0.2) is 35.6 Å². The van der Waals surface area contributed by atoms with Crippen LogP contribution in [0.25, 0.3) is 0 Å². The van der Waals surface area contributed by atoms with Crippen molar-refractivity contribution in [2.45, 2.75) is 39.5 Å². The van der Waals surface area contributed by atoms with Crippen LogP contribution in [0.5, 0.6) is 0 Å². The van der Waals surface area contributed by atoms with E-state index in [4.69, 9.17) is 4.74 Å². The molecule has 0 aliphatic heterocycles. The van der Waals surface area contributed by atoms with E-state index in [0.717, 1.165) is 42.5 Å². The average Bonchev–Trinajstić information content (AvgIpc) is 2.54. The number of benzene rings is 1. The first-order valence-electron chi connectivity index (χ1n) is 7.76. The van der Waals surface area contributed by atoms with E-state index in [1.54, 1.807) is 0 Å². The predicted molar refractivity (Wildman–Crippen MR) is 90.2 cm³/mol. The third-order valence-electron chi connectivity index (χ3n) is 4.14. The minimum absolute atomic E-state index is 0.0360. The predicted octanol–water partition coefficient (Wildman–Crippen LogP) is 4.37. The molecular weight excluding hydrogens is 328 g/mol. The molecule has 0 saturated heterocycles. The number of carbonyl (C=O) groups is 1. The molecule has 1 aromatic carbocycles. The van der Waals surface area contributed by atoms with Crippen LogP contribution >= 0.6 is 0 Å². The fourth-order valence-corrected chi connectivity index (χ4v) is 2.80. The zero-order valence-electron chi connectivity index (χ0n) is 14.0. The van der Waals surface area contributed by atoms with Crippen LogP contribution in [0, 0.1) is 27.2 Å². The van der Waals surface area contributed by atoms with Gasteiger partial charge in [0.05, 0.1) is 21.5 Å². The van der Waals surface area contributed by atoms with Gasteiger partial charge >= 0.3 is 5.97 Å². The summed E-state index contributed by atoms with van der Waals surface area (Å²) in [5.41, 5.74) is 0.497. The Kier molecular flexibility index (Phi) is 5.31. The van der Waals surface area contributed by atoms with Crippen LogP contribution in [0.4, 0.5) is 11.4 Å². The molecule has 0 unspecified atom stereocenters. The molecule has 8 heteroatoms. The second kappa shape index (κ2) is 7.25. The summed E-state index contributed by atoms with van der Waals surface area (Å²) in [5, 5.41) is 22.1. The average molecular weight is 346 g/mol. The summed E-state index contributed by atoms with van der Waals surface area (Å²) < 4.78 is 5.44. The zero-order valence-corrected chi connectivity index (χ0v) is 14.0. The van der Waals surface area contributed by atoms with Crippen molar-refractivity contribution in [1.82, 2.24) is 0 Å². The van der Waals surface area contributed by atoms with Gasteiger partial charge in [0.15, 0.2) is 0 Å². The van der Waals surface area contributed by atoms with Crippen molar-refractivity contribution in [2.75, 3.05) is 0 Å². The standard InChI is InChI=1S/C17H18N2O6/c1-10(2)13-6-4-5-7-16(13)25-17(20)14-8-12(18(21)22)9-15(11(14)3)19(23)24/h8-9H,1,4-7H2,2-3H3. The molecule has 0 radical (unpaired) electrons. The number of non-ortho nitro benzene ring substituents is 1. The summed E-state index contributed by atoms with van der Waals surface area (Å²) in [6.07, 6.45) is 3.12. The molecule has 0 saturated carbocycles. The largest absolute Gasteiger partial charge is 0.427 e. The SMILES string of the molecule is C=C(C)C1=C(OC(=O)c2cc([N+](=O)[O-])cc([N+](=O)[O-])c2C)CCCC1. The first-order valence-corrected chi connectivity index (χ1v) is 7.76. The van der Waals surface area contributed by atoms with E-state index in [1.165, 1.54) is 6.92 Å². The number of hydrogen-bond donors (Lipinski definition) is 0. The first kappa shape index (κ1) is 18.3. The Hall–Kier alpha value is -3.03. The van der Waals surface area contributed by atoms with Gasteiger partial charge in [-0.25, -0.2) is 4.79 Å². The summed E-state index contributed by atoms with van der Waals surface area (Å²) in [5.74, 6) is -0.350. The number of allylic oxidation sites excluding steroid dienone is 3. The smallest absolute Gasteiger partial charge is 0.344 e. The minimum atomic E-state index is -0.833. The summed E-state index contributed by atoms with van der Waals surface area (Å²) in [7, 11) is 0. The maximum Gasteiger partial charge on any atom is 0.344 e. The third kappa shape index (κ3) is 3.90. The molecule has 0 heterocycles. The molecule has 1 aromatic rings. The number of nitro benzene ring substituents is 2. The normalized spacial score (nSPS) is 14.2. The first-order chi connectivity index (χ1) is 11.7. The van der Waals surface area contributed by atoms with Gasteiger partial charge < -0.3 is 4.74 Å². The van der Waals surface area contributed by atoms with E-state index in [1.807, 2.05) is 6.92 Å². The Morgan fingerprint density at radius 2 is 1.80 bits per heavy atom. The Labute approximate surface area is 144 Å². The molecule has 0 spiro atoms. The molecule has 1 aliphatic rings. The summed E-state index contributed by atoms with van der Waals surface area (Å²) in [4.78, 5) is 33.1. The van der Waals surface area contributed by atoms with Gasteiger partial charge in [0, 0.05) is 18.1 Å². The van der Waals surface area contributed by atoms with Crippen LogP contribution in [0.3, 0.4) is 0 Å². The highest BCUT2D eigenvalue weighted by Crippen LogP contribution is 2.32. The Morgan fingerprint density at radius 1 is 1.16 bits per heavy atom. The fraction of sp³-hybridized carbons (Fsp3) is 0.353. The van der Waals surface area contributed by atoms with Gasteiger partial charge in [-0.1, -0.05) is 12.2 Å². The van der Waals surface area contributed by atoms with E-state index in [-0.39, 0.29) is 11.1 Å². The van der Waals surface area contributed by atoms with Gasteiger partial charge in [0.1, 0.15) is 5.76 Å². The van der Waals surface area contributed by atoms with Crippen LogP contribution in [-0.4, -0.2) is 15.8 Å². The van der Waals surface area contributed by atoms with Crippen molar-refractivity contribution in [3.63, 3.8) is 0 Å². The molecule has 2 rings (SSSR count). The van der Waals surface area contributed by atoms with Gasteiger partial charge in [0.2, 0.25) is 0 Å². The van der Waals surface area contributed by atoms with Gasteiger partial charge in [-0.15, -0.1) is 0 Å². The van der Waals surface area contributed by atoms with Crippen LogP contribution in [0.2, 0.25) is 0 Å².